The fourth-order valence-corrected chi connectivity index (χ4v) is 6.91. The Kier molecular flexibility index (Phi) is 7.88. The minimum Gasteiger partial charge on any atom is -0.351 e. The number of hydrogen-bond acceptors (Lipinski definition) is 5. The van der Waals surface area contributed by atoms with Gasteiger partial charge in [0.1, 0.15) is 16.8 Å². The van der Waals surface area contributed by atoms with Crippen molar-refractivity contribution in [1.29, 1.82) is 0 Å². The summed E-state index contributed by atoms with van der Waals surface area (Å²) in [5, 5.41) is 2.73. The van der Waals surface area contributed by atoms with E-state index in [1.165, 1.54) is 18.2 Å². The van der Waals surface area contributed by atoms with Gasteiger partial charge in [0.05, 0.1) is 5.75 Å². The van der Waals surface area contributed by atoms with E-state index in [-0.39, 0.29) is 24.9 Å². The molecular weight excluding hydrogens is 469 g/mol. The van der Waals surface area contributed by atoms with Crippen LogP contribution in [0.4, 0.5) is 4.39 Å². The molecule has 0 saturated carbocycles. The predicted molar refractivity (Wildman–Crippen MR) is 122 cm³/mol. The standard InChI is InChI=1S/C22H28FN3O5S2/c1-16(2)25-32(28,29)15-18-11-9-17(10-12-18)14-24-22(27)20-7-5-13-26(20)33(30,31)21-8-4-3-6-19(21)23/h3-4,6,8-12,16,20,25H,5,7,13-15H2,1-2H3,(H,24,27). The third-order valence-corrected chi connectivity index (χ3v) is 8.68. The highest BCUT2D eigenvalue weighted by Gasteiger charge is 2.40. The molecule has 11 heteroatoms. The highest BCUT2D eigenvalue weighted by Crippen LogP contribution is 2.27. The third-order valence-electron chi connectivity index (χ3n) is 5.19. The molecule has 1 amide bonds. The van der Waals surface area contributed by atoms with Crippen molar-refractivity contribution in [2.75, 3.05) is 6.54 Å². The van der Waals surface area contributed by atoms with Crippen molar-refractivity contribution in [3.05, 3.63) is 65.5 Å². The van der Waals surface area contributed by atoms with E-state index >= 15 is 0 Å². The maximum atomic E-state index is 14.1. The summed E-state index contributed by atoms with van der Waals surface area (Å²) in [6.45, 7) is 3.79. The van der Waals surface area contributed by atoms with E-state index in [0.29, 0.717) is 18.4 Å². The van der Waals surface area contributed by atoms with Gasteiger partial charge < -0.3 is 5.32 Å². The average molecular weight is 498 g/mol. The molecule has 1 aliphatic rings. The Labute approximate surface area is 194 Å². The van der Waals surface area contributed by atoms with Crippen molar-refractivity contribution in [2.45, 2.75) is 56.0 Å². The number of sulfonamides is 2. The first-order valence-corrected chi connectivity index (χ1v) is 13.7. The van der Waals surface area contributed by atoms with Crippen LogP contribution < -0.4 is 10.0 Å². The largest absolute Gasteiger partial charge is 0.351 e. The zero-order valence-electron chi connectivity index (χ0n) is 18.5. The molecule has 180 valence electrons. The summed E-state index contributed by atoms with van der Waals surface area (Å²) in [4.78, 5) is 12.3. The van der Waals surface area contributed by atoms with Gasteiger partial charge >= 0.3 is 0 Å². The monoisotopic (exact) mass is 497 g/mol. The summed E-state index contributed by atoms with van der Waals surface area (Å²) >= 11 is 0. The van der Waals surface area contributed by atoms with Crippen LogP contribution in [0.1, 0.15) is 37.8 Å². The highest BCUT2D eigenvalue weighted by atomic mass is 32.2. The zero-order chi connectivity index (χ0) is 24.2. The van der Waals surface area contributed by atoms with Crippen LogP contribution in [0, 0.1) is 5.82 Å². The van der Waals surface area contributed by atoms with Crippen LogP contribution in [0.2, 0.25) is 0 Å². The lowest BCUT2D eigenvalue weighted by atomic mass is 10.1. The van der Waals surface area contributed by atoms with Crippen molar-refractivity contribution >= 4 is 26.0 Å². The zero-order valence-corrected chi connectivity index (χ0v) is 20.1. The molecule has 1 unspecified atom stereocenters. The highest BCUT2D eigenvalue weighted by molar-refractivity contribution is 7.89. The molecule has 0 radical (unpaired) electrons. The van der Waals surface area contributed by atoms with Gasteiger partial charge in [0.25, 0.3) is 0 Å². The first kappa shape index (κ1) is 25.3. The Morgan fingerprint density at radius 2 is 1.70 bits per heavy atom. The van der Waals surface area contributed by atoms with E-state index < -0.39 is 42.7 Å². The van der Waals surface area contributed by atoms with Gasteiger partial charge in [0, 0.05) is 19.1 Å². The summed E-state index contributed by atoms with van der Waals surface area (Å²) in [6.07, 6.45) is 0.846. The van der Waals surface area contributed by atoms with Crippen LogP contribution in [-0.2, 0) is 37.1 Å². The molecule has 8 nitrogen and oxygen atoms in total. The molecule has 1 fully saturated rings. The topological polar surface area (TPSA) is 113 Å². The number of hydrogen-bond donors (Lipinski definition) is 2. The van der Waals surface area contributed by atoms with Gasteiger partial charge in [-0.05, 0) is 49.9 Å². The van der Waals surface area contributed by atoms with E-state index in [1.54, 1.807) is 38.1 Å². The van der Waals surface area contributed by atoms with Crippen LogP contribution in [0.5, 0.6) is 0 Å². The second kappa shape index (κ2) is 10.3. The molecule has 33 heavy (non-hydrogen) atoms. The molecule has 0 aliphatic carbocycles. The maximum absolute atomic E-state index is 14.1. The van der Waals surface area contributed by atoms with E-state index in [4.69, 9.17) is 0 Å². The lowest BCUT2D eigenvalue weighted by Gasteiger charge is -2.23. The lowest BCUT2D eigenvalue weighted by molar-refractivity contribution is -0.124. The summed E-state index contributed by atoms with van der Waals surface area (Å²) in [5.74, 6) is -1.46. The fourth-order valence-electron chi connectivity index (χ4n) is 3.75. The fraction of sp³-hybridized carbons (Fsp3) is 0.409. The van der Waals surface area contributed by atoms with E-state index in [0.717, 1.165) is 15.9 Å². The van der Waals surface area contributed by atoms with Crippen molar-refractivity contribution in [3.8, 4) is 0 Å². The molecular formula is C22H28FN3O5S2. The van der Waals surface area contributed by atoms with Crippen LogP contribution in [0.25, 0.3) is 0 Å². The second-order valence-electron chi connectivity index (χ2n) is 8.27. The smallest absolute Gasteiger partial charge is 0.246 e. The number of carbonyl (C=O) groups excluding carboxylic acids is 1. The van der Waals surface area contributed by atoms with Gasteiger partial charge in [0.15, 0.2) is 0 Å². The number of nitrogens with zero attached hydrogens (tertiary/aromatic N) is 1. The van der Waals surface area contributed by atoms with E-state index in [2.05, 4.69) is 10.0 Å². The predicted octanol–water partition coefficient (Wildman–Crippen LogP) is 2.12. The second-order valence-corrected chi connectivity index (χ2v) is 11.9. The Morgan fingerprint density at radius 3 is 2.33 bits per heavy atom. The summed E-state index contributed by atoms with van der Waals surface area (Å²) < 4.78 is 67.6. The normalized spacial score (nSPS) is 17.4. The van der Waals surface area contributed by atoms with E-state index in [9.17, 15) is 26.0 Å². The van der Waals surface area contributed by atoms with Crippen molar-refractivity contribution in [1.82, 2.24) is 14.3 Å². The summed E-state index contributed by atoms with van der Waals surface area (Å²) in [6, 6.07) is 10.8. The number of nitrogens with one attached hydrogen (secondary N) is 2. The molecule has 3 rings (SSSR count). The maximum Gasteiger partial charge on any atom is 0.246 e. The number of halogens is 1. The van der Waals surface area contributed by atoms with Crippen LogP contribution in [-0.4, -0.2) is 45.7 Å². The molecule has 0 spiro atoms. The summed E-state index contributed by atoms with van der Waals surface area (Å²) in [5.41, 5.74) is 1.35. The SMILES string of the molecule is CC(C)NS(=O)(=O)Cc1ccc(CNC(=O)C2CCCN2S(=O)(=O)c2ccccc2F)cc1. The minimum absolute atomic E-state index is 0.141. The number of benzene rings is 2. The molecule has 2 N–H and O–H groups in total. The summed E-state index contributed by atoms with van der Waals surface area (Å²) in [7, 11) is -7.58. The van der Waals surface area contributed by atoms with Gasteiger partial charge in [-0.3, -0.25) is 4.79 Å². The van der Waals surface area contributed by atoms with Gasteiger partial charge in [0.2, 0.25) is 26.0 Å². The van der Waals surface area contributed by atoms with Crippen molar-refractivity contribution in [3.63, 3.8) is 0 Å². The third kappa shape index (κ3) is 6.38. The Hall–Kier alpha value is -2.34. The molecule has 1 saturated heterocycles. The Bertz CT molecular complexity index is 1200. The van der Waals surface area contributed by atoms with E-state index in [1.807, 2.05) is 0 Å². The number of rotatable bonds is 9. The Balaban J connectivity index is 1.63. The first-order chi connectivity index (χ1) is 15.5. The number of carbonyl (C=O) groups is 1. The first-order valence-electron chi connectivity index (χ1n) is 10.6. The molecule has 2 aromatic carbocycles. The average Bonchev–Trinajstić information content (AvgIpc) is 3.23. The van der Waals surface area contributed by atoms with Gasteiger partial charge in [-0.25, -0.2) is 25.9 Å². The van der Waals surface area contributed by atoms with Crippen molar-refractivity contribution < 1.29 is 26.0 Å². The molecule has 0 aromatic heterocycles. The van der Waals surface area contributed by atoms with Crippen LogP contribution in [0.15, 0.2) is 53.4 Å². The van der Waals surface area contributed by atoms with Gasteiger partial charge in [-0.1, -0.05) is 36.4 Å². The molecule has 1 atom stereocenters. The minimum atomic E-state index is -4.14. The van der Waals surface area contributed by atoms with Crippen LogP contribution in [0.3, 0.4) is 0 Å². The number of amides is 1. The van der Waals surface area contributed by atoms with Crippen LogP contribution >= 0.6 is 0 Å². The molecule has 1 heterocycles. The van der Waals surface area contributed by atoms with Gasteiger partial charge in [-0.15, -0.1) is 0 Å². The van der Waals surface area contributed by atoms with Gasteiger partial charge in [-0.2, -0.15) is 4.31 Å². The molecule has 1 aliphatic heterocycles. The quantitative estimate of drug-likeness (QED) is 0.551. The van der Waals surface area contributed by atoms with Crippen molar-refractivity contribution in [2.24, 2.45) is 0 Å². The Morgan fingerprint density at radius 1 is 1.06 bits per heavy atom. The lowest BCUT2D eigenvalue weighted by Crippen LogP contribution is -2.45. The molecule has 2 aromatic rings. The molecule has 0 bridgehead atoms.